The van der Waals surface area contributed by atoms with Crippen molar-refractivity contribution >= 4 is 34.7 Å². The summed E-state index contributed by atoms with van der Waals surface area (Å²) >= 11 is 1.68. The number of pyridine rings is 1. The number of nitrogens with zero attached hydrogens (tertiary/aromatic N) is 1. The SMILES string of the molecule is Cc1cc(C)c(CNC(=O)c2csc(N3CCCC3C3CCNCC3)c2C)c(=O)[nH]1.Cl. The highest BCUT2D eigenvalue weighted by atomic mass is 35.5. The highest BCUT2D eigenvalue weighted by molar-refractivity contribution is 7.14. The molecule has 31 heavy (non-hydrogen) atoms. The van der Waals surface area contributed by atoms with Gasteiger partial charge in [-0.25, -0.2) is 0 Å². The zero-order chi connectivity index (χ0) is 21.3. The number of halogens is 1. The Kier molecular flexibility index (Phi) is 7.83. The zero-order valence-electron chi connectivity index (χ0n) is 18.5. The summed E-state index contributed by atoms with van der Waals surface area (Å²) < 4.78 is 0. The van der Waals surface area contributed by atoms with Crippen molar-refractivity contribution in [1.82, 2.24) is 15.6 Å². The summed E-state index contributed by atoms with van der Waals surface area (Å²) in [5, 5.41) is 9.64. The Labute approximate surface area is 194 Å². The number of hydrogen-bond donors (Lipinski definition) is 3. The molecule has 4 rings (SSSR count). The molecule has 4 heterocycles. The Hall–Kier alpha value is -1.83. The Morgan fingerprint density at radius 1 is 1.23 bits per heavy atom. The molecule has 2 saturated heterocycles. The third kappa shape index (κ3) is 4.99. The topological polar surface area (TPSA) is 77.2 Å². The molecule has 170 valence electrons. The fraction of sp³-hybridized carbons (Fsp3) is 0.565. The van der Waals surface area contributed by atoms with Gasteiger partial charge in [-0.3, -0.25) is 9.59 Å². The molecule has 0 spiro atoms. The van der Waals surface area contributed by atoms with E-state index >= 15 is 0 Å². The predicted molar refractivity (Wildman–Crippen MR) is 130 cm³/mol. The van der Waals surface area contributed by atoms with E-state index in [1.165, 1.54) is 30.7 Å². The van der Waals surface area contributed by atoms with Crippen molar-refractivity contribution in [2.45, 2.75) is 59.0 Å². The van der Waals surface area contributed by atoms with E-state index in [4.69, 9.17) is 0 Å². The number of nitrogens with one attached hydrogen (secondary N) is 3. The van der Waals surface area contributed by atoms with Crippen LogP contribution in [0.2, 0.25) is 0 Å². The summed E-state index contributed by atoms with van der Waals surface area (Å²) in [6.45, 7) is 9.38. The van der Waals surface area contributed by atoms with Crippen LogP contribution in [0.4, 0.5) is 5.00 Å². The molecule has 1 amide bonds. The van der Waals surface area contributed by atoms with E-state index in [-0.39, 0.29) is 30.4 Å². The first kappa shape index (κ1) is 23.8. The Balaban J connectivity index is 0.00000272. The molecule has 0 radical (unpaired) electrons. The second-order valence-electron chi connectivity index (χ2n) is 8.70. The summed E-state index contributed by atoms with van der Waals surface area (Å²) in [7, 11) is 0. The molecule has 1 unspecified atom stereocenters. The van der Waals surface area contributed by atoms with Gasteiger partial charge in [-0.05, 0) is 82.7 Å². The molecule has 1 atom stereocenters. The number of piperidine rings is 1. The highest BCUT2D eigenvalue weighted by Gasteiger charge is 2.34. The first-order valence-corrected chi connectivity index (χ1v) is 11.9. The molecular weight excluding hydrogens is 432 g/mol. The lowest BCUT2D eigenvalue weighted by molar-refractivity contribution is 0.0950. The van der Waals surface area contributed by atoms with Gasteiger partial charge in [0.15, 0.2) is 0 Å². The lowest BCUT2D eigenvalue weighted by atomic mass is 9.89. The molecular formula is C23H33ClN4O2S. The van der Waals surface area contributed by atoms with Gasteiger partial charge >= 0.3 is 0 Å². The average molecular weight is 465 g/mol. The van der Waals surface area contributed by atoms with Gasteiger partial charge in [0.1, 0.15) is 0 Å². The maximum atomic E-state index is 12.9. The minimum atomic E-state index is -0.127. The van der Waals surface area contributed by atoms with Crippen LogP contribution >= 0.6 is 23.7 Å². The van der Waals surface area contributed by atoms with E-state index in [1.54, 1.807) is 11.3 Å². The molecule has 0 saturated carbocycles. The summed E-state index contributed by atoms with van der Waals surface area (Å²) in [4.78, 5) is 30.5. The van der Waals surface area contributed by atoms with Gasteiger partial charge in [-0.15, -0.1) is 23.7 Å². The molecule has 2 aromatic rings. The number of aryl methyl sites for hydroxylation is 2. The first-order valence-electron chi connectivity index (χ1n) is 11.0. The average Bonchev–Trinajstić information content (AvgIpc) is 3.34. The lowest BCUT2D eigenvalue weighted by Gasteiger charge is -2.35. The molecule has 0 aliphatic carbocycles. The smallest absolute Gasteiger partial charge is 0.253 e. The number of aromatic amines is 1. The van der Waals surface area contributed by atoms with E-state index in [0.29, 0.717) is 11.6 Å². The lowest BCUT2D eigenvalue weighted by Crippen LogP contribution is -2.41. The molecule has 2 aromatic heterocycles. The summed E-state index contributed by atoms with van der Waals surface area (Å²) in [6.07, 6.45) is 4.95. The Bertz CT molecular complexity index is 980. The van der Waals surface area contributed by atoms with Crippen molar-refractivity contribution in [2.75, 3.05) is 24.5 Å². The molecule has 3 N–H and O–H groups in total. The van der Waals surface area contributed by atoms with E-state index in [0.717, 1.165) is 47.9 Å². The van der Waals surface area contributed by atoms with Crippen LogP contribution in [0.25, 0.3) is 0 Å². The number of amides is 1. The van der Waals surface area contributed by atoms with Crippen molar-refractivity contribution in [1.29, 1.82) is 0 Å². The maximum Gasteiger partial charge on any atom is 0.253 e. The van der Waals surface area contributed by atoms with Crippen LogP contribution in [0.5, 0.6) is 0 Å². The number of anilines is 1. The molecule has 2 fully saturated rings. The summed E-state index contributed by atoms with van der Waals surface area (Å²) in [5.74, 6) is 0.635. The van der Waals surface area contributed by atoms with Crippen molar-refractivity contribution in [3.05, 3.63) is 49.7 Å². The molecule has 0 bridgehead atoms. The summed E-state index contributed by atoms with van der Waals surface area (Å²) in [6, 6.07) is 2.53. The second kappa shape index (κ2) is 10.2. The van der Waals surface area contributed by atoms with Gasteiger partial charge in [0.05, 0.1) is 10.6 Å². The third-order valence-electron chi connectivity index (χ3n) is 6.67. The highest BCUT2D eigenvalue weighted by Crippen LogP contribution is 2.39. The number of H-pyrrole nitrogens is 1. The van der Waals surface area contributed by atoms with Gasteiger partial charge < -0.3 is 20.5 Å². The molecule has 2 aliphatic heterocycles. The summed E-state index contributed by atoms with van der Waals surface area (Å²) in [5.41, 5.74) is 4.02. The van der Waals surface area contributed by atoms with Crippen molar-refractivity contribution < 1.29 is 4.79 Å². The normalized spacial score (nSPS) is 19.3. The van der Waals surface area contributed by atoms with Crippen LogP contribution in [0.15, 0.2) is 16.2 Å². The van der Waals surface area contributed by atoms with Crippen molar-refractivity contribution in [2.24, 2.45) is 5.92 Å². The first-order chi connectivity index (χ1) is 14.5. The largest absolute Gasteiger partial charge is 0.360 e. The number of hydrogen-bond acceptors (Lipinski definition) is 5. The van der Waals surface area contributed by atoms with Crippen LogP contribution in [-0.4, -0.2) is 36.6 Å². The molecule has 6 nitrogen and oxygen atoms in total. The number of aromatic nitrogens is 1. The van der Waals surface area contributed by atoms with Crippen LogP contribution in [0.1, 0.15) is 58.4 Å². The van der Waals surface area contributed by atoms with Crippen LogP contribution < -0.4 is 21.1 Å². The van der Waals surface area contributed by atoms with Gasteiger partial charge in [-0.1, -0.05) is 0 Å². The van der Waals surface area contributed by atoms with Crippen LogP contribution in [0.3, 0.4) is 0 Å². The zero-order valence-corrected chi connectivity index (χ0v) is 20.2. The molecule has 0 aromatic carbocycles. The quantitative estimate of drug-likeness (QED) is 0.630. The van der Waals surface area contributed by atoms with Gasteiger partial charge in [-0.2, -0.15) is 0 Å². The van der Waals surface area contributed by atoms with Crippen LogP contribution in [-0.2, 0) is 6.54 Å². The Morgan fingerprint density at radius 2 is 1.97 bits per heavy atom. The molecule has 8 heteroatoms. The van der Waals surface area contributed by atoms with E-state index < -0.39 is 0 Å². The number of carbonyl (C=O) groups excluding carboxylic acids is 1. The number of rotatable bonds is 5. The van der Waals surface area contributed by atoms with E-state index in [2.05, 4.69) is 27.4 Å². The predicted octanol–water partition coefficient (Wildman–Crippen LogP) is 3.68. The maximum absolute atomic E-state index is 12.9. The second-order valence-corrected chi connectivity index (χ2v) is 9.55. The fourth-order valence-corrected chi connectivity index (χ4v) is 6.20. The Morgan fingerprint density at radius 3 is 2.68 bits per heavy atom. The van der Waals surface area contributed by atoms with E-state index in [1.807, 2.05) is 25.3 Å². The standard InChI is InChI=1S/C23H32N4O2S.ClH/c1-14-11-15(2)26-22(29)18(14)12-25-21(28)19-13-30-23(16(19)3)27-10-4-5-20(27)17-6-8-24-9-7-17;/h11,13,17,20,24H,4-10,12H2,1-3H3,(H,25,28)(H,26,29);1H. The molecule has 2 aliphatic rings. The van der Waals surface area contributed by atoms with Gasteiger partial charge in [0.2, 0.25) is 0 Å². The van der Waals surface area contributed by atoms with Crippen molar-refractivity contribution in [3.63, 3.8) is 0 Å². The number of carbonyl (C=O) groups is 1. The third-order valence-corrected chi connectivity index (χ3v) is 7.78. The number of thiophene rings is 1. The van der Waals surface area contributed by atoms with Crippen LogP contribution in [0, 0.1) is 26.7 Å². The fourth-order valence-electron chi connectivity index (χ4n) is 5.04. The van der Waals surface area contributed by atoms with Gasteiger partial charge in [0, 0.05) is 35.8 Å². The van der Waals surface area contributed by atoms with Crippen molar-refractivity contribution in [3.8, 4) is 0 Å². The monoisotopic (exact) mass is 464 g/mol. The van der Waals surface area contributed by atoms with E-state index in [9.17, 15) is 9.59 Å². The van der Waals surface area contributed by atoms with Gasteiger partial charge in [0.25, 0.3) is 11.5 Å². The minimum Gasteiger partial charge on any atom is -0.360 e. The minimum absolute atomic E-state index is 0.